The van der Waals surface area contributed by atoms with E-state index in [0.717, 1.165) is 38.2 Å². The fourth-order valence-electron chi connectivity index (χ4n) is 4.00. The van der Waals surface area contributed by atoms with E-state index in [2.05, 4.69) is 53.4 Å². The number of allylic oxidation sites excluding steroid dienone is 4. The van der Waals surface area contributed by atoms with Crippen LogP contribution in [-0.2, 0) is 0 Å². The average Bonchev–Trinajstić information content (AvgIpc) is 3.04. The van der Waals surface area contributed by atoms with Gasteiger partial charge >= 0.3 is 0 Å². The molecule has 4 nitrogen and oxygen atoms in total. The second-order valence-electron chi connectivity index (χ2n) is 7.05. The van der Waals surface area contributed by atoms with Crippen LogP contribution in [0.4, 0.5) is 0 Å². The van der Waals surface area contributed by atoms with E-state index in [9.17, 15) is 0 Å². The Morgan fingerprint density at radius 1 is 1.26 bits per heavy atom. The molecule has 0 aromatic rings. The van der Waals surface area contributed by atoms with E-state index in [4.69, 9.17) is 10.7 Å². The lowest BCUT2D eigenvalue weighted by Crippen LogP contribution is -2.54. The molecule has 3 atom stereocenters. The second kappa shape index (κ2) is 5.52. The van der Waals surface area contributed by atoms with Crippen molar-refractivity contribution in [2.75, 3.05) is 13.1 Å². The van der Waals surface area contributed by atoms with Crippen LogP contribution in [0.3, 0.4) is 0 Å². The molecule has 3 heterocycles. The lowest BCUT2D eigenvalue weighted by atomic mass is 9.77. The SMILES string of the molecule is C[C@]1([C@H]2C=C(C3=CCCN=C3)C=CC2)CN2C=CC[C@@H]2C(N)=N1. The third-order valence-corrected chi connectivity index (χ3v) is 5.34. The zero-order chi connectivity index (χ0) is 15.9. The van der Waals surface area contributed by atoms with Crippen molar-refractivity contribution >= 4 is 12.1 Å². The van der Waals surface area contributed by atoms with E-state index >= 15 is 0 Å². The summed E-state index contributed by atoms with van der Waals surface area (Å²) in [5, 5.41) is 0. The van der Waals surface area contributed by atoms with Gasteiger partial charge in [-0.25, -0.2) is 0 Å². The molecule has 120 valence electrons. The molecule has 0 amide bonds. The first kappa shape index (κ1) is 14.5. The molecule has 0 saturated heterocycles. The Balaban J connectivity index is 1.63. The van der Waals surface area contributed by atoms with E-state index in [1.165, 1.54) is 11.1 Å². The Morgan fingerprint density at radius 2 is 2.17 bits per heavy atom. The topological polar surface area (TPSA) is 54.0 Å². The van der Waals surface area contributed by atoms with Gasteiger partial charge in [0.05, 0.1) is 11.6 Å². The summed E-state index contributed by atoms with van der Waals surface area (Å²) in [4.78, 5) is 11.7. The Labute approximate surface area is 137 Å². The highest BCUT2D eigenvalue weighted by atomic mass is 15.2. The minimum Gasteiger partial charge on any atom is -0.386 e. The Morgan fingerprint density at radius 3 is 3.00 bits per heavy atom. The van der Waals surface area contributed by atoms with Crippen LogP contribution in [0.25, 0.3) is 0 Å². The van der Waals surface area contributed by atoms with E-state index in [-0.39, 0.29) is 11.6 Å². The van der Waals surface area contributed by atoms with Gasteiger partial charge in [0, 0.05) is 25.2 Å². The summed E-state index contributed by atoms with van der Waals surface area (Å²) in [6.07, 6.45) is 18.6. The number of hydrogen-bond donors (Lipinski definition) is 1. The minimum atomic E-state index is -0.169. The lowest BCUT2D eigenvalue weighted by Gasteiger charge is -2.43. The molecule has 4 heteroatoms. The molecule has 0 aromatic carbocycles. The van der Waals surface area contributed by atoms with Gasteiger partial charge in [-0.15, -0.1) is 0 Å². The molecule has 4 rings (SSSR count). The molecule has 1 aliphatic carbocycles. The minimum absolute atomic E-state index is 0.169. The number of rotatable bonds is 2. The summed E-state index contributed by atoms with van der Waals surface area (Å²) in [6, 6.07) is 0.277. The number of dihydropyridines is 1. The summed E-state index contributed by atoms with van der Waals surface area (Å²) >= 11 is 0. The maximum Gasteiger partial charge on any atom is 0.118 e. The van der Waals surface area contributed by atoms with E-state index in [1.54, 1.807) is 0 Å². The smallest absolute Gasteiger partial charge is 0.118 e. The van der Waals surface area contributed by atoms with Crippen molar-refractivity contribution in [3.05, 3.63) is 47.7 Å². The molecular formula is C19H24N4. The molecule has 0 fully saturated rings. The molecule has 2 N–H and O–H groups in total. The van der Waals surface area contributed by atoms with Crippen molar-refractivity contribution in [1.82, 2.24) is 4.90 Å². The van der Waals surface area contributed by atoms with Gasteiger partial charge in [0.1, 0.15) is 5.84 Å². The maximum atomic E-state index is 6.28. The van der Waals surface area contributed by atoms with E-state index < -0.39 is 0 Å². The van der Waals surface area contributed by atoms with Crippen LogP contribution in [0.2, 0.25) is 0 Å². The molecule has 0 spiro atoms. The molecule has 0 bridgehead atoms. The number of nitrogens with two attached hydrogens (primary N) is 1. The predicted molar refractivity (Wildman–Crippen MR) is 95.7 cm³/mol. The average molecular weight is 308 g/mol. The zero-order valence-electron chi connectivity index (χ0n) is 13.7. The van der Waals surface area contributed by atoms with Gasteiger partial charge in [-0.2, -0.15) is 0 Å². The summed E-state index contributed by atoms with van der Waals surface area (Å²) in [7, 11) is 0. The third kappa shape index (κ3) is 2.56. The summed E-state index contributed by atoms with van der Waals surface area (Å²) in [5.41, 5.74) is 8.63. The van der Waals surface area contributed by atoms with Crippen LogP contribution >= 0.6 is 0 Å². The molecule has 4 aliphatic rings. The van der Waals surface area contributed by atoms with Crippen LogP contribution in [0.5, 0.6) is 0 Å². The molecule has 0 radical (unpaired) electrons. The van der Waals surface area contributed by atoms with Crippen LogP contribution in [0.15, 0.2) is 57.7 Å². The fraction of sp³-hybridized carbons (Fsp3) is 0.474. The predicted octanol–water partition coefficient (Wildman–Crippen LogP) is 2.61. The zero-order valence-corrected chi connectivity index (χ0v) is 13.7. The van der Waals surface area contributed by atoms with Crippen LogP contribution in [0.1, 0.15) is 26.2 Å². The number of fused-ring (bicyclic) bond motifs is 1. The van der Waals surface area contributed by atoms with Crippen molar-refractivity contribution in [3.63, 3.8) is 0 Å². The quantitative estimate of drug-likeness (QED) is 0.852. The van der Waals surface area contributed by atoms with Crippen molar-refractivity contribution < 1.29 is 0 Å². The molecular weight excluding hydrogens is 284 g/mol. The molecule has 23 heavy (non-hydrogen) atoms. The van der Waals surface area contributed by atoms with E-state index in [1.807, 2.05) is 6.21 Å². The standard InChI is InChI=1S/C19H24N4/c1-19(13-23-10-4-8-17(23)18(20)22-19)16-7-2-5-14(11-16)15-6-3-9-21-12-15/h2,4-6,10-12,16-17H,3,7-9,13H2,1H3,(H2,20,22)/t16-,17-,19-/m1/s1. The van der Waals surface area contributed by atoms with Crippen molar-refractivity contribution in [1.29, 1.82) is 0 Å². The van der Waals surface area contributed by atoms with Crippen molar-refractivity contribution in [3.8, 4) is 0 Å². The van der Waals surface area contributed by atoms with Gasteiger partial charge in [0.2, 0.25) is 0 Å². The van der Waals surface area contributed by atoms with E-state index in [0.29, 0.717) is 5.92 Å². The molecule has 0 saturated carbocycles. The van der Waals surface area contributed by atoms with Gasteiger partial charge in [0.15, 0.2) is 0 Å². The van der Waals surface area contributed by atoms with Gasteiger partial charge < -0.3 is 10.6 Å². The van der Waals surface area contributed by atoms with Gasteiger partial charge in [-0.05, 0) is 43.5 Å². The highest BCUT2D eigenvalue weighted by Crippen LogP contribution is 2.37. The number of hydrogen-bond acceptors (Lipinski definition) is 4. The molecule has 0 unspecified atom stereocenters. The third-order valence-electron chi connectivity index (χ3n) is 5.34. The van der Waals surface area contributed by atoms with Crippen molar-refractivity contribution in [2.45, 2.75) is 37.8 Å². The Hall–Kier alpha value is -2.10. The van der Waals surface area contributed by atoms with Crippen LogP contribution in [0, 0.1) is 5.92 Å². The first-order chi connectivity index (χ1) is 11.2. The maximum absolute atomic E-state index is 6.28. The van der Waals surface area contributed by atoms with Crippen LogP contribution in [-0.4, -0.2) is 41.6 Å². The largest absolute Gasteiger partial charge is 0.386 e. The van der Waals surface area contributed by atoms with Gasteiger partial charge in [-0.3, -0.25) is 9.98 Å². The number of nitrogens with zero attached hydrogens (tertiary/aromatic N) is 3. The number of aliphatic imine (C=N–C) groups is 2. The molecule has 0 aromatic heterocycles. The Bertz CT molecular complexity index is 679. The number of amidine groups is 1. The Kier molecular flexibility index (Phi) is 3.47. The van der Waals surface area contributed by atoms with Gasteiger partial charge in [0.25, 0.3) is 0 Å². The summed E-state index contributed by atoms with van der Waals surface area (Å²) in [5.74, 6) is 1.15. The normalized spacial score (nSPS) is 35.7. The van der Waals surface area contributed by atoms with Crippen LogP contribution < -0.4 is 5.73 Å². The molecule has 3 aliphatic heterocycles. The fourth-order valence-corrected chi connectivity index (χ4v) is 4.00. The first-order valence-electron chi connectivity index (χ1n) is 8.52. The highest BCUT2D eigenvalue weighted by molar-refractivity contribution is 5.88. The van der Waals surface area contributed by atoms with Crippen molar-refractivity contribution in [2.24, 2.45) is 21.6 Å². The summed E-state index contributed by atoms with van der Waals surface area (Å²) < 4.78 is 0. The monoisotopic (exact) mass is 308 g/mol. The van der Waals surface area contributed by atoms with Gasteiger partial charge in [-0.1, -0.05) is 30.4 Å². The first-order valence-corrected chi connectivity index (χ1v) is 8.52. The summed E-state index contributed by atoms with van der Waals surface area (Å²) in [6.45, 7) is 4.08. The second-order valence-corrected chi connectivity index (χ2v) is 7.05. The highest BCUT2D eigenvalue weighted by Gasteiger charge is 2.41. The lowest BCUT2D eigenvalue weighted by molar-refractivity contribution is 0.212.